The van der Waals surface area contributed by atoms with Crippen molar-refractivity contribution in [3.05, 3.63) is 75.6 Å². The molecule has 1 aromatic heterocycles. The van der Waals surface area contributed by atoms with Crippen molar-refractivity contribution in [2.75, 3.05) is 0 Å². The van der Waals surface area contributed by atoms with Gasteiger partial charge in [0.15, 0.2) is 0 Å². The van der Waals surface area contributed by atoms with Crippen molar-refractivity contribution < 1.29 is 0 Å². The lowest BCUT2D eigenvalue weighted by molar-refractivity contribution is 0.859. The van der Waals surface area contributed by atoms with Crippen LogP contribution in [-0.2, 0) is 0 Å². The number of hydrogen-bond acceptors (Lipinski definition) is 3. The van der Waals surface area contributed by atoms with Crippen LogP contribution in [0, 0.1) is 0 Å². The zero-order valence-corrected chi connectivity index (χ0v) is 12.2. The maximum Gasteiger partial charge on any atom is 0.115 e. The van der Waals surface area contributed by atoms with E-state index >= 15 is 0 Å². The summed E-state index contributed by atoms with van der Waals surface area (Å²) in [7, 11) is 0. The van der Waals surface area contributed by atoms with E-state index in [2.05, 4.69) is 4.98 Å². The molecule has 1 atom stereocenters. The van der Waals surface area contributed by atoms with Gasteiger partial charge >= 0.3 is 0 Å². The van der Waals surface area contributed by atoms with Crippen molar-refractivity contribution in [2.45, 2.75) is 6.04 Å². The molecule has 0 aliphatic carbocycles. The van der Waals surface area contributed by atoms with Gasteiger partial charge in [-0.25, -0.2) is 4.98 Å². The van der Waals surface area contributed by atoms with Crippen molar-refractivity contribution in [1.29, 1.82) is 0 Å². The molecule has 0 aliphatic rings. The van der Waals surface area contributed by atoms with E-state index in [1.54, 1.807) is 11.3 Å². The largest absolute Gasteiger partial charge is 0.318 e. The maximum absolute atomic E-state index is 6.26. The van der Waals surface area contributed by atoms with Crippen LogP contribution < -0.4 is 5.73 Å². The van der Waals surface area contributed by atoms with Crippen LogP contribution in [0.15, 0.2) is 60.0 Å². The van der Waals surface area contributed by atoms with Gasteiger partial charge in [0.25, 0.3) is 0 Å². The van der Waals surface area contributed by atoms with E-state index in [-0.39, 0.29) is 6.04 Å². The molecule has 1 heterocycles. The average Bonchev–Trinajstić information content (AvgIpc) is 2.97. The van der Waals surface area contributed by atoms with Gasteiger partial charge in [0.05, 0.1) is 11.7 Å². The number of aromatic nitrogens is 1. The lowest BCUT2D eigenvalue weighted by Crippen LogP contribution is -2.11. The van der Waals surface area contributed by atoms with E-state index in [1.165, 1.54) is 0 Å². The minimum absolute atomic E-state index is 0.186. The van der Waals surface area contributed by atoms with Crippen LogP contribution in [0.1, 0.15) is 16.6 Å². The molecule has 1 unspecified atom stereocenters. The number of nitrogens with two attached hydrogens (primary N) is 1. The molecule has 2 N–H and O–H groups in total. The van der Waals surface area contributed by atoms with Crippen molar-refractivity contribution >= 4 is 22.9 Å². The third kappa shape index (κ3) is 2.75. The highest BCUT2D eigenvalue weighted by Gasteiger charge is 2.13. The van der Waals surface area contributed by atoms with E-state index < -0.39 is 0 Å². The van der Waals surface area contributed by atoms with Gasteiger partial charge < -0.3 is 5.73 Å². The topological polar surface area (TPSA) is 38.9 Å². The molecule has 3 rings (SSSR count). The minimum Gasteiger partial charge on any atom is -0.318 e. The number of hydrogen-bond donors (Lipinski definition) is 1. The highest BCUT2D eigenvalue weighted by Crippen LogP contribution is 2.28. The van der Waals surface area contributed by atoms with Crippen LogP contribution in [0.2, 0.25) is 5.02 Å². The summed E-state index contributed by atoms with van der Waals surface area (Å²) >= 11 is 7.58. The van der Waals surface area contributed by atoms with Gasteiger partial charge in [0.1, 0.15) is 5.01 Å². The standard InChI is InChI=1S/C16H13ClN2S/c17-13-8-4-7-12(9-13)14-10-20-16(19-14)15(18)11-5-2-1-3-6-11/h1-10,15H,18H2. The Balaban J connectivity index is 1.91. The van der Waals surface area contributed by atoms with Gasteiger partial charge in [-0.1, -0.05) is 54.1 Å². The average molecular weight is 301 g/mol. The van der Waals surface area contributed by atoms with Gasteiger partial charge in [0.2, 0.25) is 0 Å². The second-order valence-corrected chi connectivity index (χ2v) is 5.80. The first-order valence-corrected chi connectivity index (χ1v) is 7.52. The normalized spacial score (nSPS) is 12.3. The van der Waals surface area contributed by atoms with Gasteiger partial charge in [0, 0.05) is 16.0 Å². The monoisotopic (exact) mass is 300 g/mol. The third-order valence-electron chi connectivity index (χ3n) is 3.07. The van der Waals surface area contributed by atoms with Crippen LogP contribution in [0.5, 0.6) is 0 Å². The molecular formula is C16H13ClN2S. The zero-order valence-electron chi connectivity index (χ0n) is 10.7. The number of benzene rings is 2. The van der Waals surface area contributed by atoms with E-state index in [4.69, 9.17) is 17.3 Å². The number of halogens is 1. The summed E-state index contributed by atoms with van der Waals surface area (Å²) in [6.07, 6.45) is 0. The van der Waals surface area contributed by atoms with Gasteiger partial charge in [-0.3, -0.25) is 0 Å². The molecule has 0 bridgehead atoms. The molecule has 0 spiro atoms. The number of nitrogens with zero attached hydrogens (tertiary/aromatic N) is 1. The SMILES string of the molecule is NC(c1ccccc1)c1nc(-c2cccc(Cl)c2)cs1. The Bertz CT molecular complexity index is 709. The van der Waals surface area contributed by atoms with Crippen LogP contribution >= 0.6 is 22.9 Å². The van der Waals surface area contributed by atoms with E-state index in [0.29, 0.717) is 5.02 Å². The molecule has 100 valence electrons. The van der Waals surface area contributed by atoms with Gasteiger partial charge in [-0.05, 0) is 17.7 Å². The first-order chi connectivity index (χ1) is 9.74. The molecule has 2 aromatic carbocycles. The quantitative estimate of drug-likeness (QED) is 0.773. The summed E-state index contributed by atoms with van der Waals surface area (Å²) in [6.45, 7) is 0. The molecular weight excluding hydrogens is 288 g/mol. The van der Waals surface area contributed by atoms with Crippen LogP contribution in [0.25, 0.3) is 11.3 Å². The fraction of sp³-hybridized carbons (Fsp3) is 0.0625. The third-order valence-corrected chi connectivity index (χ3v) is 4.23. The molecule has 3 aromatic rings. The number of thiazole rings is 1. The minimum atomic E-state index is -0.186. The first-order valence-electron chi connectivity index (χ1n) is 6.26. The second-order valence-electron chi connectivity index (χ2n) is 4.47. The Morgan fingerprint density at radius 1 is 1.05 bits per heavy atom. The molecule has 2 nitrogen and oxygen atoms in total. The van der Waals surface area contributed by atoms with Crippen molar-refractivity contribution in [1.82, 2.24) is 4.98 Å². The fourth-order valence-corrected chi connectivity index (χ4v) is 3.06. The predicted octanol–water partition coefficient (Wildman–Crippen LogP) is 4.51. The fourth-order valence-electron chi connectivity index (χ4n) is 2.01. The Kier molecular flexibility index (Phi) is 3.83. The van der Waals surface area contributed by atoms with Crippen molar-refractivity contribution in [2.24, 2.45) is 5.73 Å². The Morgan fingerprint density at radius 2 is 1.85 bits per heavy atom. The Hall–Kier alpha value is -1.68. The molecule has 0 saturated heterocycles. The van der Waals surface area contributed by atoms with Crippen molar-refractivity contribution in [3.8, 4) is 11.3 Å². The molecule has 0 aliphatic heterocycles. The summed E-state index contributed by atoms with van der Waals surface area (Å²) < 4.78 is 0. The van der Waals surface area contributed by atoms with Crippen LogP contribution in [-0.4, -0.2) is 4.98 Å². The van der Waals surface area contributed by atoms with Gasteiger partial charge in [-0.15, -0.1) is 11.3 Å². The molecule has 4 heteroatoms. The zero-order chi connectivity index (χ0) is 13.9. The molecule has 20 heavy (non-hydrogen) atoms. The summed E-state index contributed by atoms with van der Waals surface area (Å²) in [6, 6.07) is 17.5. The summed E-state index contributed by atoms with van der Waals surface area (Å²) in [5.74, 6) is 0. The molecule has 0 fully saturated rings. The highest BCUT2D eigenvalue weighted by molar-refractivity contribution is 7.10. The smallest absolute Gasteiger partial charge is 0.115 e. The van der Waals surface area contributed by atoms with E-state index in [9.17, 15) is 0 Å². The highest BCUT2D eigenvalue weighted by atomic mass is 35.5. The molecule has 0 amide bonds. The lowest BCUT2D eigenvalue weighted by atomic mass is 10.1. The van der Waals surface area contributed by atoms with Crippen LogP contribution in [0.3, 0.4) is 0 Å². The molecule has 0 radical (unpaired) electrons. The van der Waals surface area contributed by atoms with E-state index in [1.807, 2.05) is 60.0 Å². The lowest BCUT2D eigenvalue weighted by Gasteiger charge is -2.08. The summed E-state index contributed by atoms with van der Waals surface area (Å²) in [4.78, 5) is 4.63. The molecule has 0 saturated carbocycles. The van der Waals surface area contributed by atoms with Gasteiger partial charge in [-0.2, -0.15) is 0 Å². The Morgan fingerprint density at radius 3 is 2.60 bits per heavy atom. The second kappa shape index (κ2) is 5.75. The Labute approximate surface area is 126 Å². The summed E-state index contributed by atoms with van der Waals surface area (Å²) in [5, 5.41) is 3.64. The van der Waals surface area contributed by atoms with E-state index in [0.717, 1.165) is 21.8 Å². The van der Waals surface area contributed by atoms with Crippen molar-refractivity contribution in [3.63, 3.8) is 0 Å². The first kappa shape index (κ1) is 13.3. The summed E-state index contributed by atoms with van der Waals surface area (Å²) in [5.41, 5.74) is 9.26. The number of rotatable bonds is 3. The predicted molar refractivity (Wildman–Crippen MR) is 85.0 cm³/mol. The van der Waals surface area contributed by atoms with Crippen LogP contribution in [0.4, 0.5) is 0 Å². The maximum atomic E-state index is 6.26.